The monoisotopic (exact) mass is 282 g/mol. The van der Waals surface area contributed by atoms with Gasteiger partial charge in [-0.05, 0) is 36.1 Å². The maximum Gasteiger partial charge on any atom is 0.243 e. The third-order valence-corrected chi connectivity index (χ3v) is 5.64. The van der Waals surface area contributed by atoms with Crippen LogP contribution < -0.4 is 5.73 Å². The van der Waals surface area contributed by atoms with E-state index in [1.54, 1.807) is 12.1 Å². The topological polar surface area (TPSA) is 72.6 Å². The molecule has 1 fully saturated rings. The first kappa shape index (κ1) is 13.1. The number of nitrogens with two attached hydrogens (primary N) is 1. The lowest BCUT2D eigenvalue weighted by Gasteiger charge is -2.26. The van der Waals surface area contributed by atoms with Crippen molar-refractivity contribution in [1.29, 1.82) is 0 Å². The largest absolute Gasteiger partial charge is 0.379 e. The molecule has 0 saturated carbocycles. The second-order valence-electron chi connectivity index (χ2n) is 5.12. The standard InChI is InChI=1S/C13H18N2O3S/c14-12-7-10-1-2-13(9-11(10)8-12)19(16,17)15-3-5-18-6-4-15/h1-2,9,12H,3-8,14H2/t12-/m0/s1. The molecular weight excluding hydrogens is 264 g/mol. The van der Waals surface area contributed by atoms with E-state index >= 15 is 0 Å². The zero-order valence-electron chi connectivity index (χ0n) is 10.7. The van der Waals surface area contributed by atoms with Crippen molar-refractivity contribution < 1.29 is 13.2 Å². The maximum atomic E-state index is 12.5. The molecule has 0 spiro atoms. The smallest absolute Gasteiger partial charge is 0.243 e. The molecule has 0 unspecified atom stereocenters. The fraction of sp³-hybridized carbons (Fsp3) is 0.538. The maximum absolute atomic E-state index is 12.5. The molecule has 1 atom stereocenters. The molecule has 1 heterocycles. The average molecular weight is 282 g/mol. The molecular formula is C13H18N2O3S. The van der Waals surface area contributed by atoms with Gasteiger partial charge in [0.05, 0.1) is 18.1 Å². The summed E-state index contributed by atoms with van der Waals surface area (Å²) < 4.78 is 31.7. The van der Waals surface area contributed by atoms with Crippen LogP contribution in [-0.4, -0.2) is 45.1 Å². The third-order valence-electron chi connectivity index (χ3n) is 3.75. The second-order valence-corrected chi connectivity index (χ2v) is 7.05. The summed E-state index contributed by atoms with van der Waals surface area (Å²) in [6, 6.07) is 5.50. The molecule has 0 radical (unpaired) electrons. The Bertz CT molecular complexity index is 580. The molecule has 1 saturated heterocycles. The molecule has 2 aliphatic rings. The molecule has 0 bridgehead atoms. The van der Waals surface area contributed by atoms with Crippen LogP contribution in [0.25, 0.3) is 0 Å². The van der Waals surface area contributed by atoms with Crippen molar-refractivity contribution >= 4 is 10.0 Å². The van der Waals surface area contributed by atoms with Gasteiger partial charge >= 0.3 is 0 Å². The minimum absolute atomic E-state index is 0.122. The summed E-state index contributed by atoms with van der Waals surface area (Å²) in [4.78, 5) is 0.377. The van der Waals surface area contributed by atoms with E-state index in [0.717, 1.165) is 18.4 Å². The summed E-state index contributed by atoms with van der Waals surface area (Å²) in [5.74, 6) is 0. The fourth-order valence-electron chi connectivity index (χ4n) is 2.73. The molecule has 1 aromatic carbocycles. The lowest BCUT2D eigenvalue weighted by atomic mass is 10.1. The van der Waals surface area contributed by atoms with Gasteiger partial charge in [-0.25, -0.2) is 8.42 Å². The summed E-state index contributed by atoms with van der Waals surface area (Å²) in [6.07, 6.45) is 1.61. The van der Waals surface area contributed by atoms with Gasteiger partial charge in [0.1, 0.15) is 0 Å². The summed E-state index contributed by atoms with van der Waals surface area (Å²) in [6.45, 7) is 1.79. The number of rotatable bonds is 2. The number of benzene rings is 1. The van der Waals surface area contributed by atoms with E-state index in [4.69, 9.17) is 10.5 Å². The Kier molecular flexibility index (Phi) is 3.34. The van der Waals surface area contributed by atoms with Gasteiger partial charge in [-0.15, -0.1) is 0 Å². The molecule has 2 N–H and O–H groups in total. The van der Waals surface area contributed by atoms with Crippen LogP contribution in [0.4, 0.5) is 0 Å². The van der Waals surface area contributed by atoms with Crippen molar-refractivity contribution in [2.45, 2.75) is 23.8 Å². The Morgan fingerprint density at radius 1 is 1.16 bits per heavy atom. The number of hydrogen-bond acceptors (Lipinski definition) is 4. The van der Waals surface area contributed by atoms with Crippen LogP contribution in [-0.2, 0) is 27.6 Å². The molecule has 1 aliphatic heterocycles. The first-order chi connectivity index (χ1) is 9.07. The highest BCUT2D eigenvalue weighted by Gasteiger charge is 2.28. The van der Waals surface area contributed by atoms with E-state index in [2.05, 4.69) is 0 Å². The molecule has 5 nitrogen and oxygen atoms in total. The highest BCUT2D eigenvalue weighted by molar-refractivity contribution is 7.89. The van der Waals surface area contributed by atoms with Gasteiger partial charge in [-0.2, -0.15) is 4.31 Å². The molecule has 6 heteroatoms. The minimum atomic E-state index is -3.39. The van der Waals surface area contributed by atoms with E-state index < -0.39 is 10.0 Å². The van der Waals surface area contributed by atoms with Gasteiger partial charge in [0.2, 0.25) is 10.0 Å². The van der Waals surface area contributed by atoms with Gasteiger partial charge in [0, 0.05) is 19.1 Å². The highest BCUT2D eigenvalue weighted by Crippen LogP contribution is 2.26. The van der Waals surface area contributed by atoms with Crippen LogP contribution >= 0.6 is 0 Å². The van der Waals surface area contributed by atoms with E-state index in [1.807, 2.05) is 6.07 Å². The number of ether oxygens (including phenoxy) is 1. The van der Waals surface area contributed by atoms with Gasteiger partial charge < -0.3 is 10.5 Å². The lowest BCUT2D eigenvalue weighted by molar-refractivity contribution is 0.0730. The quantitative estimate of drug-likeness (QED) is 0.837. The van der Waals surface area contributed by atoms with E-state index in [1.165, 1.54) is 9.87 Å². The highest BCUT2D eigenvalue weighted by atomic mass is 32.2. The molecule has 104 valence electrons. The number of hydrogen-bond donors (Lipinski definition) is 1. The number of sulfonamides is 1. The molecule has 0 aromatic heterocycles. The van der Waals surface area contributed by atoms with Gasteiger partial charge in [0.15, 0.2) is 0 Å². The van der Waals surface area contributed by atoms with Crippen molar-refractivity contribution in [2.75, 3.05) is 26.3 Å². The molecule has 19 heavy (non-hydrogen) atoms. The fourth-order valence-corrected chi connectivity index (χ4v) is 4.18. The third kappa shape index (κ3) is 2.41. The van der Waals surface area contributed by atoms with Crippen LogP contribution in [0.2, 0.25) is 0 Å². The Morgan fingerprint density at radius 2 is 1.84 bits per heavy atom. The Morgan fingerprint density at radius 3 is 2.58 bits per heavy atom. The first-order valence-electron chi connectivity index (χ1n) is 6.52. The summed E-state index contributed by atoms with van der Waals surface area (Å²) in [7, 11) is -3.39. The number of nitrogens with zero attached hydrogens (tertiary/aromatic N) is 1. The van der Waals surface area contributed by atoms with Crippen LogP contribution in [0.3, 0.4) is 0 Å². The van der Waals surface area contributed by atoms with Crippen LogP contribution in [0, 0.1) is 0 Å². The molecule has 1 aromatic rings. The normalized spacial score (nSPS) is 24.4. The Hall–Kier alpha value is -0.950. The van der Waals surface area contributed by atoms with Crippen LogP contribution in [0.15, 0.2) is 23.1 Å². The van der Waals surface area contributed by atoms with Crippen LogP contribution in [0.5, 0.6) is 0 Å². The van der Waals surface area contributed by atoms with Crippen molar-refractivity contribution in [1.82, 2.24) is 4.31 Å². The minimum Gasteiger partial charge on any atom is -0.379 e. The van der Waals surface area contributed by atoms with Gasteiger partial charge in [-0.1, -0.05) is 6.07 Å². The van der Waals surface area contributed by atoms with Crippen molar-refractivity contribution in [3.05, 3.63) is 29.3 Å². The van der Waals surface area contributed by atoms with Crippen LogP contribution in [0.1, 0.15) is 11.1 Å². The molecule has 1 aliphatic carbocycles. The first-order valence-corrected chi connectivity index (χ1v) is 7.96. The average Bonchev–Trinajstić information content (AvgIpc) is 2.78. The SMILES string of the molecule is N[C@H]1Cc2ccc(S(=O)(=O)N3CCOCC3)cc2C1. The summed E-state index contributed by atoms with van der Waals surface area (Å²) in [5.41, 5.74) is 8.16. The second kappa shape index (κ2) is 4.86. The van der Waals surface area contributed by atoms with Gasteiger partial charge in [0.25, 0.3) is 0 Å². The Labute approximate surface area is 113 Å². The lowest BCUT2D eigenvalue weighted by Crippen LogP contribution is -2.40. The van der Waals surface area contributed by atoms with Crippen molar-refractivity contribution in [2.24, 2.45) is 5.73 Å². The van der Waals surface area contributed by atoms with Gasteiger partial charge in [-0.3, -0.25) is 0 Å². The molecule has 0 amide bonds. The summed E-state index contributed by atoms with van der Waals surface area (Å²) in [5, 5.41) is 0. The van der Waals surface area contributed by atoms with E-state index in [0.29, 0.717) is 31.2 Å². The number of fused-ring (bicyclic) bond motifs is 1. The van der Waals surface area contributed by atoms with E-state index in [-0.39, 0.29) is 6.04 Å². The zero-order chi connectivity index (χ0) is 13.5. The Balaban J connectivity index is 1.91. The number of morpholine rings is 1. The van der Waals surface area contributed by atoms with Crippen molar-refractivity contribution in [3.8, 4) is 0 Å². The summed E-state index contributed by atoms with van der Waals surface area (Å²) >= 11 is 0. The zero-order valence-corrected chi connectivity index (χ0v) is 11.5. The predicted octanol–water partition coefficient (Wildman–Crippen LogP) is 0.133. The van der Waals surface area contributed by atoms with Crippen molar-refractivity contribution in [3.63, 3.8) is 0 Å². The van der Waals surface area contributed by atoms with E-state index in [9.17, 15) is 8.42 Å². The predicted molar refractivity (Wildman–Crippen MR) is 71.4 cm³/mol. The molecule has 3 rings (SSSR count).